The summed E-state index contributed by atoms with van der Waals surface area (Å²) in [5, 5.41) is 165. The minimum absolute atomic E-state index is 0.000823. The van der Waals surface area contributed by atoms with E-state index in [0.29, 0.717) is 49.6 Å². The van der Waals surface area contributed by atoms with Crippen molar-refractivity contribution < 1.29 is 147 Å². The zero-order valence-electron chi connectivity index (χ0n) is 65.6. The topological polar surface area (TPSA) is 639 Å². The molecule has 0 aliphatic carbocycles. The number of carbonyl (C=O) groups excluding carboxylic acids is 4. The molecule has 2 aromatic rings. The summed E-state index contributed by atoms with van der Waals surface area (Å²) in [5.74, 6) is -3.23. The van der Waals surface area contributed by atoms with E-state index in [2.05, 4.69) is 56.9 Å². The lowest BCUT2D eigenvalue weighted by molar-refractivity contribution is -0.272. The van der Waals surface area contributed by atoms with Crippen LogP contribution in [0.4, 0.5) is 0 Å². The molecule has 2 aromatic heterocycles. The first-order valence-electron chi connectivity index (χ1n) is 38.3. The van der Waals surface area contributed by atoms with Crippen molar-refractivity contribution >= 4 is 41.5 Å². The summed E-state index contributed by atoms with van der Waals surface area (Å²) in [6.07, 6.45) is -14.0. The number of aliphatic hydroxyl groups is 12. The average Bonchev–Trinajstić information content (AvgIpc) is 0.857. The molecule has 0 radical (unpaired) electrons. The van der Waals surface area contributed by atoms with Gasteiger partial charge in [-0.1, -0.05) is 16.8 Å². The third kappa shape index (κ3) is 30.7. The van der Waals surface area contributed by atoms with Gasteiger partial charge in [-0.2, -0.15) is 5.11 Å². The maximum Gasteiger partial charge on any atom is 0.320 e. The van der Waals surface area contributed by atoms with Crippen molar-refractivity contribution in [1.29, 1.82) is 5.53 Å². The SMILES string of the molecule is CC(=O)NC1C(OCCOCCN=CC(CN(Cc2cn(CCOCCOC3OC(CO)C(O)C(O)C3NC(C)=O)nn2)C(CCCCN(CC2=CN(CCOCCOC3OC(CO)C(O)C(O)C3NC(C)=O)CC(C)=N2)Cc2cn(CCOCCOC3OC(CO)C(O)C(O)C3NC(C)=O)nn2)C(=O)O)N=N)OC(CO)C(O)C1O. The van der Waals surface area contributed by atoms with Crippen molar-refractivity contribution in [2.45, 2.75) is 215 Å². The number of hydrogen-bond donors (Lipinski definition) is 18. The van der Waals surface area contributed by atoms with Gasteiger partial charge >= 0.3 is 5.97 Å². The number of carboxylic acids is 1. The molecule has 116 heavy (non-hydrogen) atoms. The van der Waals surface area contributed by atoms with Gasteiger partial charge in [0, 0.05) is 90.9 Å². The largest absolute Gasteiger partial charge is 0.480 e. The van der Waals surface area contributed by atoms with Crippen LogP contribution in [0.15, 0.2) is 39.4 Å². The number of amides is 4. The monoisotopic (exact) mass is 1660 g/mol. The lowest BCUT2D eigenvalue weighted by Gasteiger charge is -2.42. The molecule has 4 saturated heterocycles. The van der Waals surface area contributed by atoms with E-state index >= 15 is 0 Å². The van der Waals surface area contributed by atoms with E-state index in [-0.39, 0.29) is 132 Å². The normalized spacial score (nSPS) is 29.0. The van der Waals surface area contributed by atoms with Crippen LogP contribution in [0.1, 0.15) is 65.3 Å². The average molecular weight is 1660 g/mol. The first kappa shape index (κ1) is 96.2. The number of aromatic nitrogens is 6. The molecule has 0 saturated carbocycles. The number of nitrogens with one attached hydrogen (secondary N) is 5. The summed E-state index contributed by atoms with van der Waals surface area (Å²) < 4.78 is 71.8. The second-order valence-electron chi connectivity index (χ2n) is 28.3. The van der Waals surface area contributed by atoms with Crippen LogP contribution in [0.3, 0.4) is 0 Å². The van der Waals surface area contributed by atoms with Crippen molar-refractivity contribution in [2.75, 3.05) is 145 Å². The summed E-state index contributed by atoms with van der Waals surface area (Å²) in [7, 11) is 0. The second-order valence-corrected chi connectivity index (χ2v) is 28.3. The second kappa shape index (κ2) is 50.2. The van der Waals surface area contributed by atoms with Gasteiger partial charge in [0.15, 0.2) is 25.2 Å². The first-order valence-corrected chi connectivity index (χ1v) is 38.3. The van der Waals surface area contributed by atoms with Crippen LogP contribution in [-0.2, 0) is 107 Å². The molecular formula is C69H117N17O30. The Bertz CT molecular complexity index is 3370. The quantitative estimate of drug-likeness (QED) is 0.0166. The van der Waals surface area contributed by atoms with Crippen molar-refractivity contribution in [3.05, 3.63) is 35.7 Å². The minimum Gasteiger partial charge on any atom is -0.480 e. The molecule has 0 aromatic carbocycles. The molecule has 4 amide bonds. The highest BCUT2D eigenvalue weighted by Gasteiger charge is 2.49. The van der Waals surface area contributed by atoms with Crippen LogP contribution in [0.2, 0.25) is 0 Å². The van der Waals surface area contributed by atoms with E-state index in [1.54, 1.807) is 22.0 Å². The Morgan fingerprint density at radius 1 is 0.543 bits per heavy atom. The maximum atomic E-state index is 13.6. The van der Waals surface area contributed by atoms with Crippen LogP contribution in [0.25, 0.3) is 0 Å². The molecule has 0 bridgehead atoms. The van der Waals surface area contributed by atoms with Gasteiger partial charge in [-0.05, 0) is 26.3 Å². The predicted molar refractivity (Wildman–Crippen MR) is 395 cm³/mol. The van der Waals surface area contributed by atoms with E-state index in [9.17, 15) is 90.4 Å². The summed E-state index contributed by atoms with van der Waals surface area (Å²) in [6.45, 7) is 6.76. The van der Waals surface area contributed by atoms with Gasteiger partial charge in [-0.25, -0.2) is 14.9 Å². The molecule has 22 unspecified atom stereocenters. The highest BCUT2D eigenvalue weighted by atomic mass is 16.7. The van der Waals surface area contributed by atoms with Gasteiger partial charge < -0.3 is 149 Å². The van der Waals surface area contributed by atoms with Crippen LogP contribution >= 0.6 is 0 Å². The van der Waals surface area contributed by atoms with E-state index in [0.717, 1.165) is 5.71 Å². The van der Waals surface area contributed by atoms with Crippen molar-refractivity contribution in [1.82, 2.24) is 66.0 Å². The van der Waals surface area contributed by atoms with Crippen molar-refractivity contribution in [2.24, 2.45) is 15.1 Å². The number of carbonyl (C=O) groups is 5. The molecule has 4 fully saturated rings. The summed E-state index contributed by atoms with van der Waals surface area (Å²) in [5.41, 5.74) is 10.6. The van der Waals surface area contributed by atoms with Gasteiger partial charge in [0.2, 0.25) is 23.6 Å². The number of unbranched alkanes of at least 4 members (excludes halogenated alkanes) is 1. The fraction of sp³-hybridized carbons (Fsp3) is 0.812. The predicted octanol–water partition coefficient (Wildman–Crippen LogP) is -9.21. The number of aliphatic carboxylic acids is 1. The van der Waals surface area contributed by atoms with Crippen LogP contribution in [0, 0.1) is 5.53 Å². The molecule has 7 heterocycles. The zero-order valence-corrected chi connectivity index (χ0v) is 65.6. The van der Waals surface area contributed by atoms with Crippen LogP contribution in [-0.4, -0.2) is 432 Å². The molecular weight excluding hydrogens is 1550 g/mol. The highest BCUT2D eigenvalue weighted by molar-refractivity contribution is 5.85. The Balaban J connectivity index is 1.00. The van der Waals surface area contributed by atoms with Gasteiger partial charge in [-0.3, -0.25) is 43.8 Å². The van der Waals surface area contributed by atoms with Crippen molar-refractivity contribution in [3.8, 4) is 0 Å². The number of rotatable bonds is 53. The number of ether oxygens (including phenoxy) is 12. The van der Waals surface area contributed by atoms with Crippen LogP contribution in [0.5, 0.6) is 0 Å². The Hall–Kier alpha value is -6.93. The number of carboxylic acid groups (broad SMARTS) is 1. The Morgan fingerprint density at radius 3 is 1.31 bits per heavy atom. The molecule has 658 valence electrons. The third-order valence-corrected chi connectivity index (χ3v) is 19.1. The Labute approximate surface area is 668 Å². The van der Waals surface area contributed by atoms with Crippen LogP contribution < -0.4 is 21.3 Å². The van der Waals surface area contributed by atoms with E-state index in [4.69, 9.17) is 67.4 Å². The Morgan fingerprint density at radius 2 is 0.931 bits per heavy atom. The fourth-order valence-electron chi connectivity index (χ4n) is 13.4. The highest BCUT2D eigenvalue weighted by Crippen LogP contribution is 2.27. The first-order chi connectivity index (χ1) is 55.6. The van der Waals surface area contributed by atoms with Gasteiger partial charge in [-0.15, -0.1) is 10.2 Å². The van der Waals surface area contributed by atoms with E-state index in [1.807, 2.05) is 18.0 Å². The van der Waals surface area contributed by atoms with E-state index < -0.39 is 191 Å². The molecule has 7 rings (SSSR count). The van der Waals surface area contributed by atoms with Gasteiger partial charge in [0.05, 0.1) is 149 Å². The lowest BCUT2D eigenvalue weighted by atomic mass is 9.97. The fourth-order valence-corrected chi connectivity index (χ4v) is 13.4. The number of aliphatic hydroxyl groups excluding tert-OH is 12. The molecule has 18 N–H and O–H groups in total. The molecule has 5 aliphatic heterocycles. The number of hydrogen-bond acceptors (Lipinski definition) is 40. The van der Waals surface area contributed by atoms with Gasteiger partial charge in [0.25, 0.3) is 0 Å². The molecule has 5 aliphatic rings. The molecule has 47 nitrogen and oxygen atoms in total. The maximum absolute atomic E-state index is 13.6. The van der Waals surface area contributed by atoms with E-state index in [1.165, 1.54) is 38.6 Å². The standard InChI is InChI=1S/C69H117N17O30/c1-39-27-83(11-15-106-19-23-110-67-54(74-41(3)92)62(100)58(96)50(36-88)114-67)29-45(72-39)28-82(30-46-33-85(80-78-46)12-16-107-20-24-111-68-55(75-42(4)93)63(101)59(97)51(37-89)115-68)10-7-6-8-48(65(103)104)84(31-44(77-70)26-71-9-14-105-18-22-109-66-53(73-40(2)91)61(99)57(95)49(35-87)113-66)32-47-34-86(81-79-47)13-17-108-21-25-112-69-56(76-43(5)94)64(102)60(98)52(38-90)116-69/h26,29,33-34,44,48-64,66-70,87-90,95-102H,6-25,27-28,30-32,35-38H2,1-5H3,(H,73,91)(H,74,92)(H,75,93)(H,76,94)(H,103,104). The number of nitrogens with zero attached hydrogens (tertiary/aromatic N) is 12. The third-order valence-electron chi connectivity index (χ3n) is 19.1. The zero-order chi connectivity index (χ0) is 84.4. The summed E-state index contributed by atoms with van der Waals surface area (Å²) in [4.78, 5) is 76.3. The Kier molecular flexibility index (Phi) is 41.6. The lowest BCUT2D eigenvalue weighted by Crippen LogP contribution is -2.64. The molecule has 22 atom stereocenters. The summed E-state index contributed by atoms with van der Waals surface area (Å²) >= 11 is 0. The summed E-state index contributed by atoms with van der Waals surface area (Å²) in [6, 6.07) is -6.72. The number of aliphatic imine (C=N–C) groups is 2. The smallest absolute Gasteiger partial charge is 0.320 e. The molecule has 0 spiro atoms. The van der Waals surface area contributed by atoms with Gasteiger partial charge in [0.1, 0.15) is 109 Å². The minimum atomic E-state index is -1.51. The van der Waals surface area contributed by atoms with Crippen molar-refractivity contribution in [3.63, 3.8) is 0 Å². The molecule has 47 heteroatoms.